The highest BCUT2D eigenvalue weighted by Crippen LogP contribution is 2.45. The van der Waals surface area contributed by atoms with Crippen molar-refractivity contribution in [2.24, 2.45) is 0 Å². The van der Waals surface area contributed by atoms with E-state index < -0.39 is 17.7 Å². The van der Waals surface area contributed by atoms with Crippen molar-refractivity contribution in [2.75, 3.05) is 31.3 Å². The summed E-state index contributed by atoms with van der Waals surface area (Å²) in [6.07, 6.45) is 0.861. The topological polar surface area (TPSA) is 107 Å². The molecule has 3 aromatic carbocycles. The molecule has 210 valence electrons. The molecule has 9 nitrogen and oxygen atoms in total. The number of carbonyl (C=O) groups is 2. The smallest absolute Gasteiger partial charge is 0.301 e. The molecule has 4 aromatic rings. The van der Waals surface area contributed by atoms with Gasteiger partial charge in [-0.3, -0.25) is 14.5 Å². The number of thiazole rings is 1. The lowest BCUT2D eigenvalue weighted by Crippen LogP contribution is -2.29. The Morgan fingerprint density at radius 3 is 2.49 bits per heavy atom. The van der Waals surface area contributed by atoms with Crippen molar-refractivity contribution in [3.8, 4) is 23.0 Å². The molecule has 1 aromatic heterocycles. The Balaban J connectivity index is 1.48. The van der Waals surface area contributed by atoms with Crippen LogP contribution in [0.25, 0.3) is 16.0 Å². The third-order valence-electron chi connectivity index (χ3n) is 6.79. The summed E-state index contributed by atoms with van der Waals surface area (Å²) in [5.41, 5.74) is 1.60. The third-order valence-corrected chi connectivity index (χ3v) is 7.81. The first-order chi connectivity index (χ1) is 20.0. The maximum absolute atomic E-state index is 13.6. The molecule has 2 aliphatic heterocycles. The molecule has 0 aliphatic carbocycles. The second kappa shape index (κ2) is 11.1. The average Bonchev–Trinajstić information content (AvgIpc) is 3.53. The normalized spacial score (nSPS) is 17.7. The van der Waals surface area contributed by atoms with Crippen LogP contribution >= 0.6 is 11.3 Å². The van der Waals surface area contributed by atoms with E-state index in [2.05, 4.69) is 4.98 Å². The molecule has 1 amide bonds. The fourth-order valence-electron chi connectivity index (χ4n) is 4.91. The number of amides is 1. The Hall–Kier alpha value is -4.57. The highest BCUT2D eigenvalue weighted by atomic mass is 32.1. The average molecular weight is 573 g/mol. The fourth-order valence-corrected chi connectivity index (χ4v) is 5.93. The Morgan fingerprint density at radius 1 is 0.976 bits per heavy atom. The molecule has 1 N–H and O–H groups in total. The minimum absolute atomic E-state index is 0.0387. The predicted molar refractivity (Wildman–Crippen MR) is 155 cm³/mol. The van der Waals surface area contributed by atoms with Gasteiger partial charge in [0.1, 0.15) is 30.5 Å². The number of hydrogen-bond donors (Lipinski definition) is 1. The lowest BCUT2D eigenvalue weighted by molar-refractivity contribution is -0.132. The van der Waals surface area contributed by atoms with Crippen LogP contribution < -0.4 is 23.8 Å². The minimum atomic E-state index is -0.921. The molecule has 1 fully saturated rings. The van der Waals surface area contributed by atoms with Gasteiger partial charge in [-0.05, 0) is 67.4 Å². The SMILES string of the molecule is CCCOc1ccc([C@@H]2C(=C(O)c3ccc4c(c3)OCCO4)C(=O)C(=O)N2c2nc3ccc(OCC)cc3s2)cc1. The first kappa shape index (κ1) is 26.6. The van der Waals surface area contributed by atoms with Gasteiger partial charge in [-0.15, -0.1) is 0 Å². The third kappa shape index (κ3) is 4.95. The van der Waals surface area contributed by atoms with Crippen molar-refractivity contribution in [3.63, 3.8) is 0 Å². The molecule has 41 heavy (non-hydrogen) atoms. The molecule has 10 heteroatoms. The zero-order valence-corrected chi connectivity index (χ0v) is 23.4. The van der Waals surface area contributed by atoms with Crippen LogP contribution in [0.3, 0.4) is 0 Å². The minimum Gasteiger partial charge on any atom is -0.507 e. The number of carbonyl (C=O) groups excluding carboxylic acids is 2. The summed E-state index contributed by atoms with van der Waals surface area (Å²) < 4.78 is 23.4. The number of aromatic nitrogens is 1. The van der Waals surface area contributed by atoms with E-state index in [-0.39, 0.29) is 11.3 Å². The number of fused-ring (bicyclic) bond motifs is 2. The maximum Gasteiger partial charge on any atom is 0.301 e. The summed E-state index contributed by atoms with van der Waals surface area (Å²) in [7, 11) is 0. The number of aliphatic hydroxyl groups excluding tert-OH is 1. The Bertz CT molecular complexity index is 1660. The zero-order chi connectivity index (χ0) is 28.5. The van der Waals surface area contributed by atoms with Gasteiger partial charge < -0.3 is 24.1 Å². The van der Waals surface area contributed by atoms with E-state index in [1.165, 1.54) is 16.2 Å². The molecule has 6 rings (SSSR count). The van der Waals surface area contributed by atoms with E-state index in [0.717, 1.165) is 11.1 Å². The number of ether oxygens (including phenoxy) is 4. The van der Waals surface area contributed by atoms with E-state index in [1.807, 2.05) is 32.0 Å². The fraction of sp³-hybridized carbons (Fsp3) is 0.258. The number of ketones is 1. The number of aliphatic hydroxyl groups is 1. The summed E-state index contributed by atoms with van der Waals surface area (Å²) in [6, 6.07) is 16.7. The van der Waals surface area contributed by atoms with Crippen LogP contribution in [0.2, 0.25) is 0 Å². The molecular formula is C31H28N2O7S. The summed E-state index contributed by atoms with van der Waals surface area (Å²) in [5, 5.41) is 11.9. The Morgan fingerprint density at radius 2 is 1.73 bits per heavy atom. The van der Waals surface area contributed by atoms with Crippen LogP contribution in [0, 0.1) is 0 Å². The predicted octanol–water partition coefficient (Wildman–Crippen LogP) is 5.88. The van der Waals surface area contributed by atoms with Crippen molar-refractivity contribution >= 4 is 44.1 Å². The van der Waals surface area contributed by atoms with Crippen molar-refractivity contribution in [3.05, 3.63) is 77.4 Å². The van der Waals surface area contributed by atoms with Crippen molar-refractivity contribution in [2.45, 2.75) is 26.3 Å². The quantitative estimate of drug-likeness (QED) is 0.158. The van der Waals surface area contributed by atoms with Crippen molar-refractivity contribution in [1.29, 1.82) is 0 Å². The van der Waals surface area contributed by atoms with Gasteiger partial charge in [-0.1, -0.05) is 30.4 Å². The van der Waals surface area contributed by atoms with Gasteiger partial charge in [0.25, 0.3) is 5.78 Å². The van der Waals surface area contributed by atoms with Gasteiger partial charge >= 0.3 is 5.91 Å². The van der Waals surface area contributed by atoms with Gasteiger partial charge in [0.2, 0.25) is 0 Å². The molecule has 0 saturated carbocycles. The van der Waals surface area contributed by atoms with Crippen molar-refractivity contribution in [1.82, 2.24) is 4.98 Å². The van der Waals surface area contributed by atoms with Gasteiger partial charge in [0.15, 0.2) is 16.6 Å². The molecule has 3 heterocycles. The van der Waals surface area contributed by atoms with E-state index in [0.29, 0.717) is 71.2 Å². The summed E-state index contributed by atoms with van der Waals surface area (Å²) in [4.78, 5) is 33.3. The number of rotatable bonds is 8. The molecular weight excluding hydrogens is 544 g/mol. The maximum atomic E-state index is 13.6. The summed E-state index contributed by atoms with van der Waals surface area (Å²) in [6.45, 7) is 5.81. The molecule has 0 spiro atoms. The molecule has 0 unspecified atom stereocenters. The van der Waals surface area contributed by atoms with E-state index in [4.69, 9.17) is 18.9 Å². The van der Waals surface area contributed by atoms with Crippen molar-refractivity contribution < 1.29 is 33.6 Å². The summed E-state index contributed by atoms with van der Waals surface area (Å²) in [5.74, 6) is 0.484. The molecule has 2 aliphatic rings. The first-order valence-corrected chi connectivity index (χ1v) is 14.3. The van der Waals surface area contributed by atoms with E-state index in [9.17, 15) is 14.7 Å². The van der Waals surface area contributed by atoms with Crippen LogP contribution in [-0.4, -0.2) is 48.2 Å². The number of hydrogen-bond acceptors (Lipinski definition) is 9. The van der Waals surface area contributed by atoms with Crippen LogP contribution in [-0.2, 0) is 9.59 Å². The Labute approximate surface area is 240 Å². The number of benzene rings is 3. The van der Waals surface area contributed by atoms with Crippen LogP contribution in [0.1, 0.15) is 37.4 Å². The number of anilines is 1. The lowest BCUT2D eigenvalue weighted by atomic mass is 9.95. The highest BCUT2D eigenvalue weighted by Gasteiger charge is 2.48. The zero-order valence-electron chi connectivity index (χ0n) is 22.6. The first-order valence-electron chi connectivity index (χ1n) is 13.5. The molecule has 1 saturated heterocycles. The molecule has 1 atom stereocenters. The van der Waals surface area contributed by atoms with Gasteiger partial charge in [0.05, 0.1) is 35.0 Å². The highest BCUT2D eigenvalue weighted by molar-refractivity contribution is 7.22. The summed E-state index contributed by atoms with van der Waals surface area (Å²) >= 11 is 1.28. The second-order valence-corrected chi connectivity index (χ2v) is 10.5. The van der Waals surface area contributed by atoms with Crippen LogP contribution in [0.4, 0.5) is 5.13 Å². The largest absolute Gasteiger partial charge is 0.507 e. The number of nitrogens with zero attached hydrogens (tertiary/aromatic N) is 2. The number of Topliss-reactive ketones (excluding diaryl/α,β-unsaturated/α-hetero) is 1. The molecule has 0 radical (unpaired) electrons. The van der Waals surface area contributed by atoms with Gasteiger partial charge in [-0.2, -0.15) is 0 Å². The van der Waals surface area contributed by atoms with Gasteiger partial charge in [-0.25, -0.2) is 4.98 Å². The van der Waals surface area contributed by atoms with Gasteiger partial charge in [0, 0.05) is 5.56 Å². The standard InChI is InChI=1S/C31H28N2O7S/c1-3-13-38-20-8-5-18(6-9-20)27-26(28(34)19-7-12-23-24(16-19)40-15-14-39-23)29(35)30(36)33(27)31-32-22-11-10-21(37-4-2)17-25(22)41-31/h5-12,16-17,27,34H,3-4,13-15H2,1-2H3/t27-/m1/s1. The van der Waals surface area contributed by atoms with Crippen LogP contribution in [0.5, 0.6) is 23.0 Å². The monoisotopic (exact) mass is 572 g/mol. The van der Waals surface area contributed by atoms with Crippen LogP contribution in [0.15, 0.2) is 66.2 Å². The second-order valence-electron chi connectivity index (χ2n) is 9.50. The van der Waals surface area contributed by atoms with E-state index in [1.54, 1.807) is 42.5 Å². The Kier molecular flexibility index (Phi) is 7.23. The lowest BCUT2D eigenvalue weighted by Gasteiger charge is -2.23. The van der Waals surface area contributed by atoms with E-state index >= 15 is 0 Å². The molecule has 0 bridgehead atoms.